The molecular formula is C25H26F3N4O3+. The maximum absolute atomic E-state index is 15.2. The monoisotopic (exact) mass is 487 g/mol. The highest BCUT2D eigenvalue weighted by Gasteiger charge is 2.40. The molecule has 2 heterocycles. The number of likely N-dealkylation sites (tertiary alicyclic amines) is 1. The molecule has 2 saturated heterocycles. The van der Waals surface area contributed by atoms with Gasteiger partial charge in [-0.3, -0.25) is 9.69 Å². The maximum Gasteiger partial charge on any atom is 0.414 e. The van der Waals surface area contributed by atoms with Crippen LogP contribution in [0.3, 0.4) is 0 Å². The maximum atomic E-state index is 15.2. The number of hydrogen-bond donors (Lipinski definition) is 1. The number of nitrogens with one attached hydrogen (secondary N) is 1. The molecule has 0 unspecified atom stereocenters. The molecule has 35 heavy (non-hydrogen) atoms. The molecule has 0 aromatic heterocycles. The number of ether oxygens (including phenoxy) is 1. The quantitative estimate of drug-likeness (QED) is 0.493. The largest absolute Gasteiger partial charge is 0.442 e. The van der Waals surface area contributed by atoms with Crippen LogP contribution in [0.2, 0.25) is 0 Å². The second-order valence-electron chi connectivity index (χ2n) is 9.10. The average molecular weight is 488 g/mol. The van der Waals surface area contributed by atoms with Gasteiger partial charge in [-0.25, -0.2) is 18.0 Å². The van der Waals surface area contributed by atoms with Crippen LogP contribution in [0, 0.1) is 34.8 Å². The van der Waals surface area contributed by atoms with Crippen LogP contribution in [-0.2, 0) is 16.0 Å². The first-order valence-corrected chi connectivity index (χ1v) is 11.5. The van der Waals surface area contributed by atoms with Crippen LogP contribution in [0.1, 0.15) is 25.3 Å². The number of cyclic esters (lactones) is 1. The van der Waals surface area contributed by atoms with Crippen molar-refractivity contribution in [1.29, 1.82) is 5.26 Å². The van der Waals surface area contributed by atoms with E-state index >= 15 is 4.39 Å². The van der Waals surface area contributed by atoms with E-state index in [1.807, 2.05) is 0 Å². The first-order valence-electron chi connectivity index (χ1n) is 11.5. The van der Waals surface area contributed by atoms with Gasteiger partial charge in [0.2, 0.25) is 5.91 Å². The fourth-order valence-corrected chi connectivity index (χ4v) is 4.77. The lowest BCUT2D eigenvalue weighted by atomic mass is 9.88. The fourth-order valence-electron chi connectivity index (χ4n) is 4.77. The van der Waals surface area contributed by atoms with Crippen LogP contribution in [0.15, 0.2) is 36.4 Å². The van der Waals surface area contributed by atoms with E-state index in [0.29, 0.717) is 43.6 Å². The number of piperidine rings is 1. The summed E-state index contributed by atoms with van der Waals surface area (Å²) in [5, 5.41) is 12.6. The molecule has 1 N–H and O–H groups in total. The lowest BCUT2D eigenvalue weighted by Gasteiger charge is -2.36. The van der Waals surface area contributed by atoms with Crippen molar-refractivity contribution in [3.05, 3.63) is 59.4 Å². The first kappa shape index (κ1) is 24.5. The van der Waals surface area contributed by atoms with Crippen molar-refractivity contribution in [2.45, 2.75) is 32.3 Å². The number of carbonyl (C=O) groups excluding carboxylic acids is 2. The van der Waals surface area contributed by atoms with Gasteiger partial charge in [0.15, 0.2) is 23.1 Å². The van der Waals surface area contributed by atoms with Gasteiger partial charge in [-0.05, 0) is 36.1 Å². The van der Waals surface area contributed by atoms with Crippen LogP contribution in [0.4, 0.5) is 29.3 Å². The van der Waals surface area contributed by atoms with Gasteiger partial charge in [-0.1, -0.05) is 6.07 Å². The number of halogens is 3. The predicted octanol–water partition coefficient (Wildman–Crippen LogP) is 4.01. The second-order valence-corrected chi connectivity index (χ2v) is 9.10. The van der Waals surface area contributed by atoms with E-state index in [-0.39, 0.29) is 35.1 Å². The van der Waals surface area contributed by atoms with Crippen molar-refractivity contribution in [1.82, 2.24) is 9.80 Å². The van der Waals surface area contributed by atoms with Crippen molar-refractivity contribution in [2.75, 3.05) is 31.1 Å². The average Bonchev–Trinajstić information content (AvgIpc) is 3.21. The number of nitrogens with zero attached hydrogens (tertiary/aromatic N) is 3. The molecule has 2 aromatic rings. The van der Waals surface area contributed by atoms with Gasteiger partial charge >= 0.3 is 12.3 Å². The van der Waals surface area contributed by atoms with E-state index in [2.05, 4.69) is 11.5 Å². The summed E-state index contributed by atoms with van der Waals surface area (Å²) in [6.45, 7) is 2.46. The molecule has 1 atom stereocenters. The molecule has 2 amide bonds. The zero-order chi connectivity index (χ0) is 25.2. The molecule has 0 spiro atoms. The topological polar surface area (TPSA) is 82.4 Å². The molecule has 184 valence electrons. The van der Waals surface area contributed by atoms with Gasteiger partial charge in [0.25, 0.3) is 0 Å². The number of nitriles is 1. The molecule has 0 bridgehead atoms. The molecule has 2 aliphatic rings. The minimum Gasteiger partial charge on any atom is -0.442 e. The Morgan fingerprint density at radius 2 is 1.89 bits per heavy atom. The molecule has 4 rings (SSSR count). The highest BCUT2D eigenvalue weighted by molar-refractivity contribution is 5.90. The number of anilines is 1. The molecular weight excluding hydrogens is 461 g/mol. The lowest BCUT2D eigenvalue weighted by Crippen LogP contribution is -2.51. The molecule has 2 aliphatic heterocycles. The Bertz CT molecular complexity index is 1180. The Hall–Kier alpha value is -3.58. The molecule has 2 aromatic carbocycles. The zero-order valence-electron chi connectivity index (χ0n) is 19.3. The Kier molecular flexibility index (Phi) is 6.98. The SMILES string of the molecule is CC(=O)NC[C@H]1CN(c2ccc([N+]3(C#N)CCC(Cc4ccc(F)c(F)c4)CC3)c(F)c2)C(=O)O1. The van der Waals surface area contributed by atoms with Crippen molar-refractivity contribution >= 4 is 23.4 Å². The highest BCUT2D eigenvalue weighted by atomic mass is 19.2. The van der Waals surface area contributed by atoms with Gasteiger partial charge in [0.1, 0.15) is 6.10 Å². The Labute approximate surface area is 201 Å². The molecule has 7 nitrogen and oxygen atoms in total. The van der Waals surface area contributed by atoms with E-state index in [9.17, 15) is 23.6 Å². The standard InChI is InChI=1S/C25H25F3N4O3/c1-16(33)30-13-20-14-31(25(34)35-20)19-3-5-24(23(28)12-19)32(15-29)8-6-17(7-9-32)10-18-2-4-21(26)22(27)11-18/h2-5,11-12,17,20H,6-10,13-14H2,1H3/p+1/t17?,20-,32?/m0/s1. The van der Waals surface area contributed by atoms with Crippen molar-refractivity contribution in [3.8, 4) is 6.19 Å². The van der Waals surface area contributed by atoms with Crippen LogP contribution < -0.4 is 14.7 Å². The lowest BCUT2D eigenvalue weighted by molar-refractivity contribution is -0.119. The summed E-state index contributed by atoms with van der Waals surface area (Å²) in [5.74, 6) is -2.44. The first-order chi connectivity index (χ1) is 16.7. The summed E-state index contributed by atoms with van der Waals surface area (Å²) in [6.07, 6.45) is 2.88. The van der Waals surface area contributed by atoms with Crippen molar-refractivity contribution in [3.63, 3.8) is 0 Å². The number of benzene rings is 2. The Morgan fingerprint density at radius 3 is 2.51 bits per heavy atom. The number of amides is 2. The van der Waals surface area contributed by atoms with Crippen molar-refractivity contribution in [2.24, 2.45) is 5.92 Å². The summed E-state index contributed by atoms with van der Waals surface area (Å²) < 4.78 is 47.0. The smallest absolute Gasteiger partial charge is 0.414 e. The number of quaternary nitrogens is 1. The molecule has 0 aliphatic carbocycles. The summed E-state index contributed by atoms with van der Waals surface area (Å²) >= 11 is 0. The summed E-state index contributed by atoms with van der Waals surface area (Å²) in [5.41, 5.74) is 1.23. The normalized spacial score (nSPS) is 24.1. The van der Waals surface area contributed by atoms with Crippen LogP contribution >= 0.6 is 0 Å². The van der Waals surface area contributed by atoms with Crippen LogP contribution in [0.25, 0.3) is 0 Å². The van der Waals surface area contributed by atoms with Gasteiger partial charge in [0.05, 0.1) is 31.9 Å². The minimum absolute atomic E-state index is 0.165. The summed E-state index contributed by atoms with van der Waals surface area (Å²) in [4.78, 5) is 24.6. The third-order valence-corrected chi connectivity index (χ3v) is 6.69. The van der Waals surface area contributed by atoms with E-state index in [4.69, 9.17) is 4.74 Å². The molecule has 0 radical (unpaired) electrons. The fraction of sp³-hybridized carbons (Fsp3) is 0.400. The van der Waals surface area contributed by atoms with E-state index in [1.54, 1.807) is 12.1 Å². The van der Waals surface area contributed by atoms with Crippen molar-refractivity contribution < 1.29 is 27.5 Å². The summed E-state index contributed by atoms with van der Waals surface area (Å²) in [7, 11) is 0. The third kappa shape index (κ3) is 5.25. The minimum atomic E-state index is -0.887. The van der Waals surface area contributed by atoms with Gasteiger partial charge in [-0.15, -0.1) is 5.26 Å². The molecule has 0 saturated carbocycles. The highest BCUT2D eigenvalue weighted by Crippen LogP contribution is 2.36. The second kappa shape index (κ2) is 9.96. The van der Waals surface area contributed by atoms with Gasteiger partial charge in [0, 0.05) is 31.9 Å². The van der Waals surface area contributed by atoms with Gasteiger partial charge in [-0.2, -0.15) is 4.48 Å². The van der Waals surface area contributed by atoms with E-state index in [0.717, 1.165) is 6.07 Å². The number of hydrogen-bond acceptors (Lipinski definition) is 4. The zero-order valence-corrected chi connectivity index (χ0v) is 19.3. The van der Waals surface area contributed by atoms with Crippen LogP contribution in [0.5, 0.6) is 0 Å². The van der Waals surface area contributed by atoms with E-state index in [1.165, 1.54) is 30.0 Å². The van der Waals surface area contributed by atoms with E-state index < -0.39 is 29.6 Å². The summed E-state index contributed by atoms with van der Waals surface area (Å²) in [6, 6.07) is 8.20. The molecule has 10 heteroatoms. The Morgan fingerprint density at radius 1 is 1.14 bits per heavy atom. The predicted molar refractivity (Wildman–Crippen MR) is 123 cm³/mol. The molecule has 2 fully saturated rings. The number of rotatable bonds is 6. The van der Waals surface area contributed by atoms with Crippen LogP contribution in [-0.4, -0.2) is 44.3 Å². The number of carbonyl (C=O) groups is 2. The third-order valence-electron chi connectivity index (χ3n) is 6.69. The van der Waals surface area contributed by atoms with Gasteiger partial charge < -0.3 is 10.1 Å². The Balaban J connectivity index is 1.43.